The summed E-state index contributed by atoms with van der Waals surface area (Å²) in [7, 11) is 1.62. The standard InChI is InChI=1S/C13H10N2O/c1-16-13-11-8-15-12-5-3-2-4-10(12)9(11)6-7-14-13/h2-8H,1H3. The molecule has 78 valence electrons. The Morgan fingerprint density at radius 2 is 1.81 bits per heavy atom. The van der Waals surface area contributed by atoms with Crippen LogP contribution < -0.4 is 4.74 Å². The fourth-order valence-electron chi connectivity index (χ4n) is 1.92. The van der Waals surface area contributed by atoms with Crippen molar-refractivity contribution in [1.82, 2.24) is 9.97 Å². The van der Waals surface area contributed by atoms with E-state index in [1.165, 1.54) is 0 Å². The molecule has 0 N–H and O–H groups in total. The van der Waals surface area contributed by atoms with Crippen LogP contribution in [0.5, 0.6) is 5.88 Å². The van der Waals surface area contributed by atoms with Crippen LogP contribution >= 0.6 is 0 Å². The Bertz CT molecular complexity index is 664. The highest BCUT2D eigenvalue weighted by molar-refractivity contribution is 6.06. The summed E-state index contributed by atoms with van der Waals surface area (Å²) in [5, 5.41) is 3.20. The molecule has 0 saturated heterocycles. The van der Waals surface area contributed by atoms with Gasteiger partial charge in [-0.15, -0.1) is 0 Å². The average molecular weight is 210 g/mol. The Morgan fingerprint density at radius 1 is 0.938 bits per heavy atom. The predicted octanol–water partition coefficient (Wildman–Crippen LogP) is 2.79. The van der Waals surface area contributed by atoms with Crippen molar-refractivity contribution in [3.63, 3.8) is 0 Å². The van der Waals surface area contributed by atoms with Gasteiger partial charge in [-0.2, -0.15) is 0 Å². The quantitative estimate of drug-likeness (QED) is 0.579. The number of aromatic nitrogens is 2. The summed E-state index contributed by atoms with van der Waals surface area (Å²) in [6, 6.07) is 10.0. The molecule has 2 aromatic heterocycles. The molecule has 0 unspecified atom stereocenters. The molecule has 1 aromatic carbocycles. The minimum Gasteiger partial charge on any atom is -0.481 e. The van der Waals surface area contributed by atoms with Crippen molar-refractivity contribution in [1.29, 1.82) is 0 Å². The van der Waals surface area contributed by atoms with Gasteiger partial charge >= 0.3 is 0 Å². The average Bonchev–Trinajstić information content (AvgIpc) is 2.37. The van der Waals surface area contributed by atoms with Crippen LogP contribution in [0.1, 0.15) is 0 Å². The monoisotopic (exact) mass is 210 g/mol. The Kier molecular flexibility index (Phi) is 1.96. The van der Waals surface area contributed by atoms with Gasteiger partial charge in [0.2, 0.25) is 5.88 Å². The van der Waals surface area contributed by atoms with Gasteiger partial charge in [0.25, 0.3) is 0 Å². The Labute approximate surface area is 92.7 Å². The molecule has 0 aliphatic heterocycles. The lowest BCUT2D eigenvalue weighted by atomic mass is 10.1. The fraction of sp³-hybridized carbons (Fsp3) is 0.0769. The number of rotatable bonds is 1. The van der Waals surface area contributed by atoms with Gasteiger partial charge in [0.1, 0.15) is 0 Å². The Balaban J connectivity index is 2.52. The normalized spacial score (nSPS) is 10.8. The van der Waals surface area contributed by atoms with Crippen LogP contribution in [-0.4, -0.2) is 17.1 Å². The summed E-state index contributed by atoms with van der Waals surface area (Å²) in [6.07, 6.45) is 3.57. The minimum atomic E-state index is 0.621. The number of methoxy groups -OCH3 is 1. The van der Waals surface area contributed by atoms with Crippen LogP contribution in [0.2, 0.25) is 0 Å². The van der Waals surface area contributed by atoms with Gasteiger partial charge in [-0.25, -0.2) is 4.98 Å². The maximum Gasteiger partial charge on any atom is 0.222 e. The van der Waals surface area contributed by atoms with Crippen LogP contribution in [0.3, 0.4) is 0 Å². The van der Waals surface area contributed by atoms with Crippen molar-refractivity contribution in [2.45, 2.75) is 0 Å². The first-order valence-corrected chi connectivity index (χ1v) is 5.06. The first-order valence-electron chi connectivity index (χ1n) is 5.06. The lowest BCUT2D eigenvalue weighted by Gasteiger charge is -2.05. The van der Waals surface area contributed by atoms with E-state index < -0.39 is 0 Å². The molecular formula is C13H10N2O. The summed E-state index contributed by atoms with van der Waals surface area (Å²) in [4.78, 5) is 8.57. The molecule has 0 atom stereocenters. The van der Waals surface area contributed by atoms with Crippen LogP contribution in [0.4, 0.5) is 0 Å². The third-order valence-corrected chi connectivity index (χ3v) is 2.67. The topological polar surface area (TPSA) is 35.0 Å². The highest BCUT2D eigenvalue weighted by Gasteiger charge is 2.05. The number of hydrogen-bond acceptors (Lipinski definition) is 3. The molecule has 3 aromatic rings. The van der Waals surface area contributed by atoms with E-state index >= 15 is 0 Å². The number of para-hydroxylation sites is 1. The van der Waals surface area contributed by atoms with E-state index in [1.54, 1.807) is 13.3 Å². The lowest BCUT2D eigenvalue weighted by molar-refractivity contribution is 0.403. The second-order valence-corrected chi connectivity index (χ2v) is 3.56. The van der Waals surface area contributed by atoms with Crippen molar-refractivity contribution < 1.29 is 4.74 Å². The summed E-state index contributed by atoms with van der Waals surface area (Å²) in [6.45, 7) is 0. The summed E-state index contributed by atoms with van der Waals surface area (Å²) < 4.78 is 5.23. The van der Waals surface area contributed by atoms with Gasteiger partial charge in [-0.05, 0) is 17.5 Å². The molecule has 0 saturated carbocycles. The highest BCUT2D eigenvalue weighted by Crippen LogP contribution is 2.27. The van der Waals surface area contributed by atoms with E-state index in [0.717, 1.165) is 21.7 Å². The number of hydrogen-bond donors (Lipinski definition) is 0. The predicted molar refractivity (Wildman–Crippen MR) is 63.6 cm³/mol. The maximum atomic E-state index is 5.23. The van der Waals surface area contributed by atoms with E-state index in [-0.39, 0.29) is 0 Å². The molecule has 0 spiro atoms. The van der Waals surface area contributed by atoms with E-state index in [1.807, 2.05) is 30.5 Å². The SMILES string of the molecule is COc1nccc2c1cnc1ccccc12. The Morgan fingerprint density at radius 3 is 2.69 bits per heavy atom. The molecule has 0 aliphatic rings. The molecule has 0 bridgehead atoms. The van der Waals surface area contributed by atoms with Gasteiger partial charge in [0, 0.05) is 17.8 Å². The van der Waals surface area contributed by atoms with Crippen LogP contribution in [0.15, 0.2) is 42.7 Å². The highest BCUT2D eigenvalue weighted by atomic mass is 16.5. The zero-order valence-electron chi connectivity index (χ0n) is 8.84. The van der Waals surface area contributed by atoms with E-state index in [4.69, 9.17) is 4.74 Å². The number of fused-ring (bicyclic) bond motifs is 3. The van der Waals surface area contributed by atoms with Crippen molar-refractivity contribution in [2.24, 2.45) is 0 Å². The first-order chi connectivity index (χ1) is 7.90. The number of ether oxygens (including phenoxy) is 1. The molecular weight excluding hydrogens is 200 g/mol. The van der Waals surface area contributed by atoms with Crippen LogP contribution in [-0.2, 0) is 0 Å². The smallest absolute Gasteiger partial charge is 0.222 e. The molecule has 3 nitrogen and oxygen atoms in total. The van der Waals surface area contributed by atoms with Gasteiger partial charge in [-0.3, -0.25) is 4.98 Å². The van der Waals surface area contributed by atoms with Crippen molar-refractivity contribution in [3.8, 4) is 5.88 Å². The number of nitrogens with zero attached hydrogens (tertiary/aromatic N) is 2. The molecule has 0 fully saturated rings. The van der Waals surface area contributed by atoms with E-state index in [0.29, 0.717) is 5.88 Å². The van der Waals surface area contributed by atoms with Crippen molar-refractivity contribution in [3.05, 3.63) is 42.7 Å². The molecule has 3 heteroatoms. The zero-order chi connectivity index (χ0) is 11.0. The van der Waals surface area contributed by atoms with E-state index in [2.05, 4.69) is 16.0 Å². The molecule has 0 radical (unpaired) electrons. The molecule has 16 heavy (non-hydrogen) atoms. The molecule has 0 amide bonds. The summed E-state index contributed by atoms with van der Waals surface area (Å²) in [5.41, 5.74) is 0.989. The first kappa shape index (κ1) is 9.09. The third-order valence-electron chi connectivity index (χ3n) is 2.67. The summed E-state index contributed by atoms with van der Waals surface area (Å²) >= 11 is 0. The fourth-order valence-corrected chi connectivity index (χ4v) is 1.92. The Hall–Kier alpha value is -2.16. The maximum absolute atomic E-state index is 5.23. The van der Waals surface area contributed by atoms with Gasteiger partial charge < -0.3 is 4.74 Å². The van der Waals surface area contributed by atoms with Crippen molar-refractivity contribution in [2.75, 3.05) is 7.11 Å². The minimum absolute atomic E-state index is 0.621. The van der Waals surface area contributed by atoms with E-state index in [9.17, 15) is 0 Å². The zero-order valence-corrected chi connectivity index (χ0v) is 8.84. The number of benzene rings is 1. The number of pyridine rings is 2. The molecule has 0 aliphatic carbocycles. The molecule has 2 heterocycles. The molecule has 3 rings (SSSR count). The van der Waals surface area contributed by atoms with Gasteiger partial charge in [0.15, 0.2) is 0 Å². The van der Waals surface area contributed by atoms with Crippen LogP contribution in [0, 0.1) is 0 Å². The van der Waals surface area contributed by atoms with Crippen LogP contribution in [0.25, 0.3) is 21.7 Å². The van der Waals surface area contributed by atoms with Crippen molar-refractivity contribution >= 4 is 21.7 Å². The lowest BCUT2D eigenvalue weighted by Crippen LogP contribution is -1.90. The summed E-state index contributed by atoms with van der Waals surface area (Å²) in [5.74, 6) is 0.621. The largest absolute Gasteiger partial charge is 0.481 e. The van der Waals surface area contributed by atoms with Gasteiger partial charge in [0.05, 0.1) is 18.0 Å². The third kappa shape index (κ3) is 1.21. The van der Waals surface area contributed by atoms with Gasteiger partial charge in [-0.1, -0.05) is 18.2 Å². The second-order valence-electron chi connectivity index (χ2n) is 3.56. The second kappa shape index (κ2) is 3.45.